The number of unbranched alkanes of at least 4 members (excludes halogenated alkanes) is 27. The lowest BCUT2D eigenvalue weighted by Gasteiger charge is -2.15. The highest BCUT2D eigenvalue weighted by Gasteiger charge is 2.22. The maximum Gasteiger partial charge on any atom is 0.316 e. The predicted molar refractivity (Wildman–Crippen MR) is 209 cm³/mol. The molecular weight excluding hydrogens is 624 g/mol. The first-order valence-electron chi connectivity index (χ1n) is 21.9. The van der Waals surface area contributed by atoms with Crippen molar-refractivity contribution >= 4 is 23.9 Å². The van der Waals surface area contributed by atoms with Gasteiger partial charge >= 0.3 is 23.9 Å². The SMILES string of the molecule is CCCCCCCCCCCCCCCC(=O)OC(=O)CCCCCC(CCCC)C(=O)OC(=O)CCCCCCCCCCCCCCC. The maximum atomic E-state index is 12.8. The van der Waals surface area contributed by atoms with Gasteiger partial charge < -0.3 is 9.47 Å². The van der Waals surface area contributed by atoms with E-state index in [4.69, 9.17) is 9.47 Å². The Labute approximate surface area is 309 Å². The molecule has 50 heavy (non-hydrogen) atoms. The van der Waals surface area contributed by atoms with Crippen molar-refractivity contribution in [2.75, 3.05) is 0 Å². The minimum absolute atomic E-state index is 0.214. The Hall–Kier alpha value is -1.72. The number of carbonyl (C=O) groups is 4. The van der Waals surface area contributed by atoms with Gasteiger partial charge in [-0.25, -0.2) is 0 Å². The summed E-state index contributed by atoms with van der Waals surface area (Å²) in [6, 6.07) is 0. The standard InChI is InChI=1S/C44H82O6/c1-4-7-10-12-14-16-18-20-22-24-26-28-32-37-41(45)49-42(46)38-34-30-31-36-40(35-9-6-3)44(48)50-43(47)39-33-29-27-25-23-21-19-17-15-13-11-8-5-2/h40H,4-39H2,1-3H3. The van der Waals surface area contributed by atoms with Crippen molar-refractivity contribution in [3.05, 3.63) is 0 Å². The molecular formula is C44H82O6. The van der Waals surface area contributed by atoms with Crippen molar-refractivity contribution in [1.29, 1.82) is 0 Å². The molecule has 0 aromatic carbocycles. The molecule has 0 aliphatic heterocycles. The third-order valence-electron chi connectivity index (χ3n) is 10.1. The second-order valence-corrected chi connectivity index (χ2v) is 15.1. The molecule has 0 rings (SSSR count). The van der Waals surface area contributed by atoms with Crippen LogP contribution >= 0.6 is 0 Å². The Morgan fingerprint density at radius 1 is 0.320 bits per heavy atom. The number of carbonyl (C=O) groups excluding carboxylic acids is 4. The van der Waals surface area contributed by atoms with Gasteiger partial charge in [0.1, 0.15) is 0 Å². The number of esters is 4. The van der Waals surface area contributed by atoms with E-state index in [2.05, 4.69) is 20.8 Å². The minimum Gasteiger partial charge on any atom is -0.393 e. The highest BCUT2D eigenvalue weighted by molar-refractivity contribution is 5.86. The zero-order valence-corrected chi connectivity index (χ0v) is 33.5. The van der Waals surface area contributed by atoms with Gasteiger partial charge in [-0.2, -0.15) is 0 Å². The van der Waals surface area contributed by atoms with Gasteiger partial charge in [0.15, 0.2) is 0 Å². The normalized spacial score (nSPS) is 11.8. The number of hydrogen-bond acceptors (Lipinski definition) is 6. The Morgan fingerprint density at radius 2 is 0.580 bits per heavy atom. The van der Waals surface area contributed by atoms with Gasteiger partial charge in [-0.05, 0) is 32.1 Å². The van der Waals surface area contributed by atoms with Crippen LogP contribution in [0.4, 0.5) is 0 Å². The largest absolute Gasteiger partial charge is 0.393 e. The first-order valence-corrected chi connectivity index (χ1v) is 21.9. The summed E-state index contributed by atoms with van der Waals surface area (Å²) in [5.74, 6) is -1.93. The van der Waals surface area contributed by atoms with E-state index < -0.39 is 23.9 Å². The third-order valence-corrected chi connectivity index (χ3v) is 10.1. The van der Waals surface area contributed by atoms with Gasteiger partial charge in [0.2, 0.25) is 0 Å². The molecule has 0 aromatic heterocycles. The van der Waals surface area contributed by atoms with Crippen LogP contribution in [0.15, 0.2) is 0 Å². The van der Waals surface area contributed by atoms with Crippen molar-refractivity contribution in [2.24, 2.45) is 5.92 Å². The summed E-state index contributed by atoms with van der Waals surface area (Å²) in [5, 5.41) is 0. The molecule has 0 aromatic rings. The molecule has 0 fully saturated rings. The average Bonchev–Trinajstić information content (AvgIpc) is 3.09. The lowest BCUT2D eigenvalue weighted by molar-refractivity contribution is -0.164. The smallest absolute Gasteiger partial charge is 0.316 e. The van der Waals surface area contributed by atoms with Gasteiger partial charge in [0.25, 0.3) is 0 Å². The van der Waals surface area contributed by atoms with Crippen molar-refractivity contribution < 1.29 is 28.7 Å². The fourth-order valence-electron chi connectivity index (χ4n) is 6.72. The van der Waals surface area contributed by atoms with Gasteiger partial charge in [0.05, 0.1) is 5.92 Å². The van der Waals surface area contributed by atoms with Crippen LogP contribution in [0, 0.1) is 5.92 Å². The van der Waals surface area contributed by atoms with Gasteiger partial charge in [-0.3, -0.25) is 19.2 Å². The number of rotatable bonds is 38. The Balaban J connectivity index is 3.87. The topological polar surface area (TPSA) is 86.7 Å². The molecule has 0 aliphatic carbocycles. The molecule has 0 saturated carbocycles. The van der Waals surface area contributed by atoms with Crippen LogP contribution in [0.5, 0.6) is 0 Å². The minimum atomic E-state index is -0.453. The van der Waals surface area contributed by atoms with Crippen molar-refractivity contribution in [1.82, 2.24) is 0 Å². The van der Waals surface area contributed by atoms with Crippen LogP contribution in [0.25, 0.3) is 0 Å². The zero-order chi connectivity index (χ0) is 36.8. The van der Waals surface area contributed by atoms with E-state index >= 15 is 0 Å². The van der Waals surface area contributed by atoms with Crippen LogP contribution in [-0.2, 0) is 28.7 Å². The van der Waals surface area contributed by atoms with E-state index in [0.717, 1.165) is 70.6 Å². The van der Waals surface area contributed by atoms with Crippen LogP contribution in [0.2, 0.25) is 0 Å². The second kappa shape index (κ2) is 38.5. The molecule has 0 N–H and O–H groups in total. The summed E-state index contributed by atoms with van der Waals surface area (Å²) >= 11 is 0. The summed E-state index contributed by atoms with van der Waals surface area (Å²) in [6.45, 7) is 6.61. The second-order valence-electron chi connectivity index (χ2n) is 15.1. The summed E-state index contributed by atoms with van der Waals surface area (Å²) in [7, 11) is 0. The fourth-order valence-corrected chi connectivity index (χ4v) is 6.72. The number of ether oxygens (including phenoxy) is 2. The molecule has 0 bridgehead atoms. The van der Waals surface area contributed by atoms with Crippen LogP contribution in [0.1, 0.15) is 252 Å². The van der Waals surface area contributed by atoms with Gasteiger partial charge in [0, 0.05) is 19.3 Å². The van der Waals surface area contributed by atoms with Crippen LogP contribution in [-0.4, -0.2) is 23.9 Å². The van der Waals surface area contributed by atoms with E-state index in [1.165, 1.54) is 128 Å². The van der Waals surface area contributed by atoms with E-state index in [1.807, 2.05) is 0 Å². The quantitative estimate of drug-likeness (QED) is 0.0361. The van der Waals surface area contributed by atoms with Crippen molar-refractivity contribution in [3.8, 4) is 0 Å². The zero-order valence-electron chi connectivity index (χ0n) is 33.5. The molecule has 0 spiro atoms. The van der Waals surface area contributed by atoms with Gasteiger partial charge in [-0.1, -0.05) is 201 Å². The molecule has 294 valence electrons. The summed E-state index contributed by atoms with van der Waals surface area (Å²) in [6.07, 6.45) is 38.8. The molecule has 0 aliphatic rings. The lowest BCUT2D eigenvalue weighted by atomic mass is 9.95. The fraction of sp³-hybridized carbons (Fsp3) is 0.909. The first kappa shape index (κ1) is 48.3. The first-order chi connectivity index (χ1) is 24.4. The Bertz CT molecular complexity index is 793. The monoisotopic (exact) mass is 707 g/mol. The highest BCUT2D eigenvalue weighted by Crippen LogP contribution is 2.20. The van der Waals surface area contributed by atoms with Crippen molar-refractivity contribution in [3.63, 3.8) is 0 Å². The molecule has 0 saturated heterocycles. The summed E-state index contributed by atoms with van der Waals surface area (Å²) < 4.78 is 10.3. The highest BCUT2D eigenvalue weighted by atomic mass is 16.6. The molecule has 6 nitrogen and oxygen atoms in total. The van der Waals surface area contributed by atoms with E-state index in [9.17, 15) is 19.2 Å². The summed E-state index contributed by atoms with van der Waals surface area (Å²) in [4.78, 5) is 49.3. The summed E-state index contributed by atoms with van der Waals surface area (Å²) in [5.41, 5.74) is 0. The van der Waals surface area contributed by atoms with Crippen LogP contribution < -0.4 is 0 Å². The van der Waals surface area contributed by atoms with E-state index in [-0.39, 0.29) is 12.3 Å². The van der Waals surface area contributed by atoms with E-state index in [1.54, 1.807) is 0 Å². The molecule has 0 heterocycles. The van der Waals surface area contributed by atoms with Gasteiger partial charge in [-0.15, -0.1) is 0 Å². The third kappa shape index (κ3) is 34.7. The molecule has 1 atom stereocenters. The number of hydrogen-bond donors (Lipinski definition) is 0. The average molecular weight is 707 g/mol. The Kier molecular flexibility index (Phi) is 37.2. The maximum absolute atomic E-state index is 12.8. The Morgan fingerprint density at radius 3 is 0.920 bits per heavy atom. The molecule has 6 heteroatoms. The molecule has 1 unspecified atom stereocenters. The lowest BCUT2D eigenvalue weighted by Crippen LogP contribution is -2.21. The van der Waals surface area contributed by atoms with E-state index in [0.29, 0.717) is 25.7 Å². The van der Waals surface area contributed by atoms with Crippen LogP contribution in [0.3, 0.4) is 0 Å². The molecule has 0 amide bonds. The molecule has 0 radical (unpaired) electrons. The predicted octanol–water partition coefficient (Wildman–Crippen LogP) is 13.8. The van der Waals surface area contributed by atoms with Crippen molar-refractivity contribution in [2.45, 2.75) is 252 Å².